The molecule has 0 saturated carbocycles. The molecule has 1 saturated heterocycles. The van der Waals surface area contributed by atoms with E-state index in [0.29, 0.717) is 5.56 Å². The summed E-state index contributed by atoms with van der Waals surface area (Å²) in [6.45, 7) is 0.379. The summed E-state index contributed by atoms with van der Waals surface area (Å²) < 4.78 is 24.9. The van der Waals surface area contributed by atoms with Gasteiger partial charge in [-0.2, -0.15) is 0 Å². The SMILES string of the molecule is CN(C)S(=O)(=O)C[C@@H]1CN(C(=O)c2ccncc2)C[C@@H]1O. The third kappa shape index (κ3) is 3.58. The number of aromatic nitrogens is 1. The summed E-state index contributed by atoms with van der Waals surface area (Å²) in [6, 6.07) is 3.19. The first-order chi connectivity index (χ1) is 9.81. The van der Waals surface area contributed by atoms with Crippen LogP contribution in [0.1, 0.15) is 10.4 Å². The van der Waals surface area contributed by atoms with Gasteiger partial charge < -0.3 is 10.0 Å². The van der Waals surface area contributed by atoms with Gasteiger partial charge in [0, 0.05) is 51.1 Å². The standard InChI is InChI=1S/C13H19N3O4S/c1-15(2)21(19,20)9-11-7-16(8-12(11)17)13(18)10-3-5-14-6-4-10/h3-6,11-12,17H,7-9H2,1-2H3/t11-,12-/m0/s1. The number of likely N-dealkylation sites (tertiary alicyclic amines) is 1. The second-order valence-electron chi connectivity index (χ2n) is 5.33. The number of carbonyl (C=O) groups excluding carboxylic acids is 1. The molecule has 2 atom stereocenters. The van der Waals surface area contributed by atoms with E-state index in [1.807, 2.05) is 0 Å². The molecule has 0 spiro atoms. The van der Waals surface area contributed by atoms with Crippen LogP contribution in [-0.2, 0) is 10.0 Å². The Morgan fingerprint density at radius 1 is 1.38 bits per heavy atom. The highest BCUT2D eigenvalue weighted by Gasteiger charge is 2.37. The zero-order chi connectivity index (χ0) is 15.6. The quantitative estimate of drug-likeness (QED) is 0.802. The molecule has 0 aromatic carbocycles. The Kier molecular flexibility index (Phi) is 4.60. The van der Waals surface area contributed by atoms with Gasteiger partial charge in [-0.25, -0.2) is 12.7 Å². The fourth-order valence-electron chi connectivity index (χ4n) is 2.28. The molecule has 0 aliphatic carbocycles. The predicted octanol–water partition coefficient (Wildman–Crippen LogP) is -0.594. The Balaban J connectivity index is 2.06. The van der Waals surface area contributed by atoms with Crippen molar-refractivity contribution < 1.29 is 18.3 Å². The van der Waals surface area contributed by atoms with Gasteiger partial charge in [-0.1, -0.05) is 0 Å². The number of carbonyl (C=O) groups is 1. The largest absolute Gasteiger partial charge is 0.391 e. The van der Waals surface area contributed by atoms with Gasteiger partial charge in [0.15, 0.2) is 0 Å². The van der Waals surface area contributed by atoms with Crippen LogP contribution in [0, 0.1) is 5.92 Å². The van der Waals surface area contributed by atoms with Crippen LogP contribution in [0.5, 0.6) is 0 Å². The van der Waals surface area contributed by atoms with E-state index in [9.17, 15) is 18.3 Å². The number of rotatable bonds is 4. The number of hydrogen-bond acceptors (Lipinski definition) is 5. The maximum atomic E-state index is 12.3. The van der Waals surface area contributed by atoms with Crippen LogP contribution in [0.25, 0.3) is 0 Å². The van der Waals surface area contributed by atoms with E-state index in [2.05, 4.69) is 4.98 Å². The second-order valence-corrected chi connectivity index (χ2v) is 7.56. The topological polar surface area (TPSA) is 90.8 Å². The van der Waals surface area contributed by atoms with Crippen molar-refractivity contribution in [1.82, 2.24) is 14.2 Å². The summed E-state index contributed by atoms with van der Waals surface area (Å²) in [6.07, 6.45) is 2.21. The van der Waals surface area contributed by atoms with E-state index >= 15 is 0 Å². The molecule has 2 heterocycles. The Morgan fingerprint density at radius 3 is 2.57 bits per heavy atom. The van der Waals surface area contributed by atoms with Crippen molar-refractivity contribution in [3.63, 3.8) is 0 Å². The van der Waals surface area contributed by atoms with E-state index in [-0.39, 0.29) is 24.7 Å². The van der Waals surface area contributed by atoms with Crippen molar-refractivity contribution in [2.45, 2.75) is 6.10 Å². The summed E-state index contributed by atoms with van der Waals surface area (Å²) in [5.74, 6) is -0.856. The van der Waals surface area contributed by atoms with Gasteiger partial charge in [0.25, 0.3) is 5.91 Å². The van der Waals surface area contributed by atoms with Gasteiger partial charge in [-0.3, -0.25) is 9.78 Å². The van der Waals surface area contributed by atoms with Crippen molar-refractivity contribution in [2.75, 3.05) is 32.9 Å². The molecule has 2 rings (SSSR count). The number of nitrogens with zero attached hydrogens (tertiary/aromatic N) is 3. The summed E-state index contributed by atoms with van der Waals surface area (Å²) in [4.78, 5) is 17.6. The Labute approximate surface area is 124 Å². The average molecular weight is 313 g/mol. The van der Waals surface area contributed by atoms with Crippen molar-refractivity contribution in [3.8, 4) is 0 Å². The first-order valence-electron chi connectivity index (χ1n) is 6.59. The Bertz CT molecular complexity index is 603. The lowest BCUT2D eigenvalue weighted by molar-refractivity contribution is 0.0764. The molecule has 21 heavy (non-hydrogen) atoms. The maximum Gasteiger partial charge on any atom is 0.254 e. The summed E-state index contributed by atoms with van der Waals surface area (Å²) in [7, 11) is -0.493. The number of amides is 1. The molecule has 8 heteroatoms. The maximum absolute atomic E-state index is 12.3. The zero-order valence-corrected chi connectivity index (χ0v) is 12.8. The number of aliphatic hydroxyl groups excluding tert-OH is 1. The second kappa shape index (κ2) is 6.08. The van der Waals surface area contributed by atoms with Gasteiger partial charge >= 0.3 is 0 Å². The van der Waals surface area contributed by atoms with E-state index in [4.69, 9.17) is 0 Å². The van der Waals surface area contributed by atoms with E-state index in [1.165, 1.54) is 31.4 Å². The molecule has 0 bridgehead atoms. The first-order valence-corrected chi connectivity index (χ1v) is 8.20. The average Bonchev–Trinajstić information content (AvgIpc) is 2.79. The van der Waals surface area contributed by atoms with Crippen molar-refractivity contribution in [2.24, 2.45) is 5.92 Å². The number of aliphatic hydroxyl groups is 1. The Morgan fingerprint density at radius 2 is 2.00 bits per heavy atom. The molecular weight excluding hydrogens is 294 g/mol. The summed E-state index contributed by atoms with van der Waals surface area (Å²) in [5.41, 5.74) is 0.480. The molecule has 7 nitrogen and oxygen atoms in total. The third-order valence-electron chi connectivity index (χ3n) is 3.60. The molecule has 1 amide bonds. The normalized spacial score (nSPS) is 22.8. The first kappa shape index (κ1) is 15.9. The predicted molar refractivity (Wildman–Crippen MR) is 77.1 cm³/mol. The van der Waals surface area contributed by atoms with Gasteiger partial charge in [0.05, 0.1) is 11.9 Å². The number of β-amino-alcohol motifs (C(OH)–C–C–N with tert-alkyl or cyclic N) is 1. The van der Waals surface area contributed by atoms with Gasteiger partial charge in [-0.15, -0.1) is 0 Å². The van der Waals surface area contributed by atoms with E-state index in [0.717, 1.165) is 4.31 Å². The molecule has 0 radical (unpaired) electrons. The molecular formula is C13H19N3O4S. The highest BCUT2D eigenvalue weighted by Crippen LogP contribution is 2.21. The minimum absolute atomic E-state index is 0.148. The fraction of sp³-hybridized carbons (Fsp3) is 0.538. The molecule has 1 aliphatic heterocycles. The molecule has 1 N–H and O–H groups in total. The minimum Gasteiger partial charge on any atom is -0.391 e. The van der Waals surface area contributed by atoms with Crippen molar-refractivity contribution in [1.29, 1.82) is 0 Å². The van der Waals surface area contributed by atoms with Crippen LogP contribution >= 0.6 is 0 Å². The smallest absolute Gasteiger partial charge is 0.254 e. The lowest BCUT2D eigenvalue weighted by Gasteiger charge is -2.18. The third-order valence-corrected chi connectivity index (χ3v) is 5.56. The Hall–Kier alpha value is -1.51. The van der Waals surface area contributed by atoms with Gasteiger partial charge in [-0.05, 0) is 12.1 Å². The highest BCUT2D eigenvalue weighted by molar-refractivity contribution is 7.89. The van der Waals surface area contributed by atoms with Crippen LogP contribution in [0.15, 0.2) is 24.5 Å². The van der Waals surface area contributed by atoms with Crippen molar-refractivity contribution >= 4 is 15.9 Å². The van der Waals surface area contributed by atoms with Crippen LogP contribution < -0.4 is 0 Å². The van der Waals surface area contributed by atoms with Gasteiger partial charge in [0.2, 0.25) is 10.0 Å². The van der Waals surface area contributed by atoms with E-state index < -0.39 is 22.0 Å². The molecule has 1 aliphatic rings. The van der Waals surface area contributed by atoms with E-state index in [1.54, 1.807) is 12.1 Å². The zero-order valence-electron chi connectivity index (χ0n) is 12.0. The molecule has 0 unspecified atom stereocenters. The number of hydrogen-bond donors (Lipinski definition) is 1. The monoisotopic (exact) mass is 313 g/mol. The fourth-order valence-corrected chi connectivity index (χ4v) is 3.45. The minimum atomic E-state index is -3.40. The molecule has 1 fully saturated rings. The lowest BCUT2D eigenvalue weighted by atomic mass is 10.1. The molecule has 116 valence electrons. The summed E-state index contributed by atoms with van der Waals surface area (Å²) >= 11 is 0. The molecule has 1 aromatic rings. The van der Waals surface area contributed by atoms with Crippen LogP contribution in [0.2, 0.25) is 0 Å². The number of pyridine rings is 1. The summed E-state index contributed by atoms with van der Waals surface area (Å²) in [5, 5.41) is 10.0. The number of sulfonamides is 1. The highest BCUT2D eigenvalue weighted by atomic mass is 32.2. The lowest BCUT2D eigenvalue weighted by Crippen LogP contribution is -2.33. The van der Waals surface area contributed by atoms with Gasteiger partial charge in [0.1, 0.15) is 0 Å². The van der Waals surface area contributed by atoms with Crippen LogP contribution in [-0.4, -0.2) is 72.7 Å². The molecule has 1 aromatic heterocycles. The van der Waals surface area contributed by atoms with Crippen LogP contribution in [0.3, 0.4) is 0 Å². The van der Waals surface area contributed by atoms with Crippen molar-refractivity contribution in [3.05, 3.63) is 30.1 Å². The van der Waals surface area contributed by atoms with Crippen LogP contribution in [0.4, 0.5) is 0 Å².